The minimum Gasteiger partial charge on any atom is -0.487 e. The molecule has 0 bridgehead atoms. The van der Waals surface area contributed by atoms with E-state index in [2.05, 4.69) is 5.32 Å². The molecule has 0 aliphatic carbocycles. The molecule has 0 amide bonds. The zero-order valence-electron chi connectivity index (χ0n) is 14.0. The van der Waals surface area contributed by atoms with Crippen LogP contribution in [0.4, 0.5) is 0 Å². The van der Waals surface area contributed by atoms with Crippen molar-refractivity contribution in [2.75, 3.05) is 13.1 Å². The van der Waals surface area contributed by atoms with Gasteiger partial charge in [0, 0.05) is 11.5 Å². The maximum atomic E-state index is 12.6. The fraction of sp³-hybridized carbons (Fsp3) is 0.611. The van der Waals surface area contributed by atoms with Crippen LogP contribution in [0.2, 0.25) is 0 Å². The number of ether oxygens (including phenoxy) is 2. The summed E-state index contributed by atoms with van der Waals surface area (Å²) in [6, 6.07) is 5.55. The number of carbonyl (C=O) groups is 1. The second kappa shape index (κ2) is 7.63. The second-order valence-electron chi connectivity index (χ2n) is 6.38. The Morgan fingerprint density at radius 2 is 1.64 bits per heavy atom. The number of carbonyl (C=O) groups excluding carboxylic acids is 1. The molecule has 0 aromatic heterocycles. The third-order valence-corrected chi connectivity index (χ3v) is 3.66. The van der Waals surface area contributed by atoms with Gasteiger partial charge in [0.1, 0.15) is 0 Å². The summed E-state index contributed by atoms with van der Waals surface area (Å²) in [6.45, 7) is 9.74. The van der Waals surface area contributed by atoms with Crippen molar-refractivity contribution in [1.29, 1.82) is 0 Å². The van der Waals surface area contributed by atoms with Crippen molar-refractivity contribution in [1.82, 2.24) is 5.32 Å². The summed E-state index contributed by atoms with van der Waals surface area (Å²) in [5.74, 6) is 1.69. The van der Waals surface area contributed by atoms with Gasteiger partial charge < -0.3 is 14.8 Å². The maximum absolute atomic E-state index is 12.6. The predicted molar refractivity (Wildman–Crippen MR) is 87.9 cm³/mol. The number of Topliss-reactive ketones (excluding diaryl/α,β-unsaturated/α-hetero) is 1. The lowest BCUT2D eigenvalue weighted by molar-refractivity contribution is 0.0894. The van der Waals surface area contributed by atoms with Gasteiger partial charge in [-0.2, -0.15) is 0 Å². The van der Waals surface area contributed by atoms with E-state index in [1.165, 1.54) is 0 Å². The van der Waals surface area contributed by atoms with Crippen LogP contribution in [0, 0.1) is 5.92 Å². The predicted octanol–water partition coefficient (Wildman–Crippen LogP) is 3.44. The second-order valence-corrected chi connectivity index (χ2v) is 6.38. The number of hydrogen-bond donors (Lipinski definition) is 1. The molecule has 0 spiro atoms. The molecule has 0 unspecified atom stereocenters. The van der Waals surface area contributed by atoms with Gasteiger partial charge in [-0.15, -0.1) is 0 Å². The van der Waals surface area contributed by atoms with Gasteiger partial charge in [-0.1, -0.05) is 0 Å². The van der Waals surface area contributed by atoms with Crippen LogP contribution in [0.1, 0.15) is 50.9 Å². The zero-order chi connectivity index (χ0) is 16.1. The number of rotatable bonds is 6. The first kappa shape index (κ1) is 16.8. The zero-order valence-corrected chi connectivity index (χ0v) is 14.0. The van der Waals surface area contributed by atoms with Crippen LogP contribution in [0.5, 0.6) is 11.5 Å². The van der Waals surface area contributed by atoms with Crippen LogP contribution in [0.3, 0.4) is 0 Å². The number of nitrogens with one attached hydrogen (secondary N) is 1. The van der Waals surface area contributed by atoms with Crippen LogP contribution in [0.15, 0.2) is 18.2 Å². The van der Waals surface area contributed by atoms with Crippen molar-refractivity contribution >= 4 is 5.78 Å². The van der Waals surface area contributed by atoms with Crippen molar-refractivity contribution in [3.8, 4) is 11.5 Å². The summed E-state index contributed by atoms with van der Waals surface area (Å²) >= 11 is 0. The van der Waals surface area contributed by atoms with Crippen LogP contribution in [0.25, 0.3) is 0 Å². The molecule has 1 heterocycles. The molecule has 1 fully saturated rings. The highest BCUT2D eigenvalue weighted by molar-refractivity contribution is 5.98. The Balaban J connectivity index is 2.22. The highest BCUT2D eigenvalue weighted by Crippen LogP contribution is 2.32. The average molecular weight is 305 g/mol. The minimum absolute atomic E-state index is 0.0405. The molecular weight excluding hydrogens is 278 g/mol. The number of hydrogen-bond acceptors (Lipinski definition) is 4. The Hall–Kier alpha value is -1.55. The lowest BCUT2D eigenvalue weighted by Crippen LogP contribution is -2.31. The van der Waals surface area contributed by atoms with Gasteiger partial charge in [-0.25, -0.2) is 0 Å². The van der Waals surface area contributed by atoms with Gasteiger partial charge in [0.15, 0.2) is 17.3 Å². The van der Waals surface area contributed by atoms with Crippen molar-refractivity contribution in [3.63, 3.8) is 0 Å². The SMILES string of the molecule is CC(C)Oc1ccc(C(=O)C2CCNCC2)cc1OC(C)C. The first-order chi connectivity index (χ1) is 10.5. The van der Waals surface area contributed by atoms with Crippen LogP contribution in [-0.2, 0) is 0 Å². The Morgan fingerprint density at radius 3 is 2.23 bits per heavy atom. The minimum atomic E-state index is 0.0405. The highest BCUT2D eigenvalue weighted by atomic mass is 16.5. The van der Waals surface area contributed by atoms with E-state index in [4.69, 9.17) is 9.47 Å². The van der Waals surface area contributed by atoms with E-state index in [9.17, 15) is 4.79 Å². The average Bonchev–Trinajstić information content (AvgIpc) is 2.48. The van der Waals surface area contributed by atoms with Gasteiger partial charge in [-0.3, -0.25) is 4.79 Å². The molecular formula is C18H27NO3. The van der Waals surface area contributed by atoms with E-state index in [0.29, 0.717) is 11.5 Å². The van der Waals surface area contributed by atoms with E-state index >= 15 is 0 Å². The first-order valence-electron chi connectivity index (χ1n) is 8.19. The number of ketones is 1. The quantitative estimate of drug-likeness (QED) is 0.818. The molecule has 1 aromatic rings. The molecule has 1 aliphatic rings. The molecule has 4 nitrogen and oxygen atoms in total. The molecule has 0 radical (unpaired) electrons. The van der Waals surface area contributed by atoms with Crippen LogP contribution in [-0.4, -0.2) is 31.1 Å². The van der Waals surface area contributed by atoms with E-state index in [0.717, 1.165) is 31.5 Å². The summed E-state index contributed by atoms with van der Waals surface area (Å²) in [5.41, 5.74) is 0.721. The summed E-state index contributed by atoms with van der Waals surface area (Å²) in [5, 5.41) is 3.29. The normalized spacial score (nSPS) is 16.1. The van der Waals surface area contributed by atoms with Gasteiger partial charge in [-0.05, 0) is 71.8 Å². The van der Waals surface area contributed by atoms with E-state index in [-0.39, 0.29) is 23.9 Å². The Bertz CT molecular complexity index is 505. The summed E-state index contributed by atoms with van der Waals surface area (Å²) in [7, 11) is 0. The van der Waals surface area contributed by atoms with E-state index in [1.54, 1.807) is 0 Å². The Morgan fingerprint density at radius 1 is 1.05 bits per heavy atom. The molecule has 4 heteroatoms. The summed E-state index contributed by atoms with van der Waals surface area (Å²) < 4.78 is 11.6. The molecule has 2 rings (SSSR count). The van der Waals surface area contributed by atoms with Gasteiger partial charge in [0.05, 0.1) is 12.2 Å². The number of benzene rings is 1. The molecule has 0 atom stereocenters. The monoisotopic (exact) mass is 305 g/mol. The van der Waals surface area contributed by atoms with Gasteiger partial charge >= 0.3 is 0 Å². The van der Waals surface area contributed by atoms with Crippen molar-refractivity contribution in [3.05, 3.63) is 23.8 Å². The third-order valence-electron chi connectivity index (χ3n) is 3.66. The highest BCUT2D eigenvalue weighted by Gasteiger charge is 2.23. The summed E-state index contributed by atoms with van der Waals surface area (Å²) in [6.07, 6.45) is 1.92. The van der Waals surface area contributed by atoms with Crippen molar-refractivity contribution in [2.45, 2.75) is 52.7 Å². The molecule has 22 heavy (non-hydrogen) atoms. The molecule has 1 saturated heterocycles. The molecule has 1 aromatic carbocycles. The molecule has 1 aliphatic heterocycles. The first-order valence-corrected chi connectivity index (χ1v) is 8.19. The van der Waals surface area contributed by atoms with E-state index in [1.807, 2.05) is 45.9 Å². The van der Waals surface area contributed by atoms with Crippen molar-refractivity contribution < 1.29 is 14.3 Å². The molecule has 1 N–H and O–H groups in total. The van der Waals surface area contributed by atoms with Gasteiger partial charge in [0.2, 0.25) is 0 Å². The van der Waals surface area contributed by atoms with E-state index < -0.39 is 0 Å². The number of piperidine rings is 1. The lowest BCUT2D eigenvalue weighted by Gasteiger charge is -2.22. The standard InChI is InChI=1S/C18H27NO3/c1-12(2)21-16-6-5-15(11-17(16)22-13(3)4)18(20)14-7-9-19-10-8-14/h5-6,11-14,19H,7-10H2,1-4H3. The molecule has 122 valence electrons. The fourth-order valence-electron chi connectivity index (χ4n) is 2.68. The topological polar surface area (TPSA) is 47.6 Å². The van der Waals surface area contributed by atoms with Gasteiger partial charge in [0.25, 0.3) is 0 Å². The molecule has 0 saturated carbocycles. The largest absolute Gasteiger partial charge is 0.487 e. The Labute approximate surface area is 133 Å². The van der Waals surface area contributed by atoms with Crippen LogP contribution >= 0.6 is 0 Å². The fourth-order valence-corrected chi connectivity index (χ4v) is 2.68. The lowest BCUT2D eigenvalue weighted by atomic mass is 9.89. The third kappa shape index (κ3) is 4.47. The summed E-state index contributed by atoms with van der Waals surface area (Å²) in [4.78, 5) is 12.6. The van der Waals surface area contributed by atoms with Crippen molar-refractivity contribution in [2.24, 2.45) is 5.92 Å². The van der Waals surface area contributed by atoms with Crippen LogP contribution < -0.4 is 14.8 Å². The maximum Gasteiger partial charge on any atom is 0.166 e. The Kier molecular flexibility index (Phi) is 5.83. The smallest absolute Gasteiger partial charge is 0.166 e.